The molecule has 0 aliphatic carbocycles. The smallest absolute Gasteiger partial charge is 0.0000125 e. The van der Waals surface area contributed by atoms with Crippen molar-refractivity contribution in [1.82, 2.24) is 10.2 Å². The Bertz CT molecular complexity index is 114. The van der Waals surface area contributed by atoms with Crippen LogP contribution < -0.4 is 5.32 Å². The van der Waals surface area contributed by atoms with Crippen molar-refractivity contribution in [2.24, 2.45) is 5.41 Å². The Morgan fingerprint density at radius 3 is 2.15 bits per heavy atom. The van der Waals surface area contributed by atoms with Crippen LogP contribution in [0.15, 0.2) is 0 Å². The molecule has 0 fully saturated rings. The summed E-state index contributed by atoms with van der Waals surface area (Å²) in [6, 6.07) is 0. The summed E-state index contributed by atoms with van der Waals surface area (Å²) in [5, 5.41) is 3.48. The second-order valence-corrected chi connectivity index (χ2v) is 5.25. The lowest BCUT2D eigenvalue weighted by Crippen LogP contribution is -2.28. The van der Waals surface area contributed by atoms with Crippen LogP contribution in [0.1, 0.15) is 33.6 Å². The van der Waals surface area contributed by atoms with E-state index in [-0.39, 0.29) is 0 Å². The first-order chi connectivity index (χ1) is 5.92. The van der Waals surface area contributed by atoms with Crippen LogP contribution in [0.2, 0.25) is 0 Å². The minimum absolute atomic E-state index is 0.418. The molecule has 0 radical (unpaired) electrons. The van der Waals surface area contributed by atoms with Gasteiger partial charge in [-0.1, -0.05) is 20.8 Å². The average molecular weight is 186 g/mol. The van der Waals surface area contributed by atoms with Gasteiger partial charge in [0, 0.05) is 0 Å². The van der Waals surface area contributed by atoms with Gasteiger partial charge in [0.05, 0.1) is 0 Å². The summed E-state index contributed by atoms with van der Waals surface area (Å²) in [4.78, 5) is 2.24. The van der Waals surface area contributed by atoms with E-state index >= 15 is 0 Å². The third-order valence-electron chi connectivity index (χ3n) is 1.86. The SMILES string of the molecule is CN(C)CCCCNCC(C)(C)C. The van der Waals surface area contributed by atoms with Gasteiger partial charge >= 0.3 is 0 Å². The lowest BCUT2D eigenvalue weighted by molar-refractivity contribution is 0.364. The normalized spacial score (nSPS) is 12.5. The molecule has 80 valence electrons. The van der Waals surface area contributed by atoms with E-state index in [2.05, 4.69) is 45.1 Å². The highest BCUT2D eigenvalue weighted by Crippen LogP contribution is 2.09. The topological polar surface area (TPSA) is 15.3 Å². The molecule has 0 aliphatic rings. The first-order valence-electron chi connectivity index (χ1n) is 5.27. The summed E-state index contributed by atoms with van der Waals surface area (Å²) in [5.41, 5.74) is 0.418. The number of hydrogen-bond acceptors (Lipinski definition) is 2. The fourth-order valence-corrected chi connectivity index (χ4v) is 1.14. The van der Waals surface area contributed by atoms with Gasteiger partial charge in [0.1, 0.15) is 0 Å². The van der Waals surface area contributed by atoms with E-state index in [0.29, 0.717) is 5.41 Å². The van der Waals surface area contributed by atoms with E-state index in [9.17, 15) is 0 Å². The van der Waals surface area contributed by atoms with Gasteiger partial charge in [-0.3, -0.25) is 0 Å². The van der Waals surface area contributed by atoms with Gasteiger partial charge in [-0.15, -0.1) is 0 Å². The Kier molecular flexibility index (Phi) is 6.35. The molecule has 2 nitrogen and oxygen atoms in total. The highest BCUT2D eigenvalue weighted by Gasteiger charge is 2.07. The second kappa shape index (κ2) is 6.39. The monoisotopic (exact) mass is 186 g/mol. The predicted molar refractivity (Wildman–Crippen MR) is 60.1 cm³/mol. The first-order valence-corrected chi connectivity index (χ1v) is 5.27. The number of nitrogens with zero attached hydrogens (tertiary/aromatic N) is 1. The van der Waals surface area contributed by atoms with Crippen LogP contribution in [0.4, 0.5) is 0 Å². The zero-order valence-electron chi connectivity index (χ0n) is 9.98. The fraction of sp³-hybridized carbons (Fsp3) is 1.00. The lowest BCUT2D eigenvalue weighted by Gasteiger charge is -2.18. The summed E-state index contributed by atoms with van der Waals surface area (Å²) in [7, 11) is 4.26. The van der Waals surface area contributed by atoms with Gasteiger partial charge in [-0.2, -0.15) is 0 Å². The molecule has 0 aromatic rings. The molecule has 0 spiro atoms. The summed E-state index contributed by atoms with van der Waals surface area (Å²) in [5.74, 6) is 0. The van der Waals surface area contributed by atoms with Crippen molar-refractivity contribution in [3.63, 3.8) is 0 Å². The van der Waals surface area contributed by atoms with Crippen molar-refractivity contribution in [2.75, 3.05) is 33.7 Å². The summed E-state index contributed by atoms with van der Waals surface area (Å²) in [6.07, 6.45) is 2.58. The molecule has 13 heavy (non-hydrogen) atoms. The van der Waals surface area contributed by atoms with Crippen molar-refractivity contribution in [1.29, 1.82) is 0 Å². The maximum Gasteiger partial charge on any atom is -0.0000125 e. The average Bonchev–Trinajstić information content (AvgIpc) is 1.93. The number of rotatable bonds is 6. The zero-order valence-corrected chi connectivity index (χ0v) is 9.98. The van der Waals surface area contributed by atoms with E-state index in [0.717, 1.165) is 13.1 Å². The molecular formula is C11H26N2. The molecule has 1 N–H and O–H groups in total. The Morgan fingerprint density at radius 1 is 1.08 bits per heavy atom. The maximum atomic E-state index is 3.48. The number of unbranched alkanes of at least 4 members (excludes halogenated alkanes) is 1. The summed E-state index contributed by atoms with van der Waals surface area (Å²) in [6.45, 7) is 10.3. The third-order valence-corrected chi connectivity index (χ3v) is 1.86. The Hall–Kier alpha value is -0.0800. The van der Waals surface area contributed by atoms with Crippen molar-refractivity contribution in [3.05, 3.63) is 0 Å². The van der Waals surface area contributed by atoms with Crippen molar-refractivity contribution >= 4 is 0 Å². The number of nitrogens with one attached hydrogen (secondary N) is 1. The molecule has 0 aromatic heterocycles. The molecule has 0 saturated carbocycles. The van der Waals surface area contributed by atoms with E-state index < -0.39 is 0 Å². The van der Waals surface area contributed by atoms with Crippen LogP contribution in [0, 0.1) is 5.41 Å². The molecule has 0 saturated heterocycles. The maximum absolute atomic E-state index is 3.48. The van der Waals surface area contributed by atoms with Crippen LogP contribution >= 0.6 is 0 Å². The predicted octanol–water partition coefficient (Wildman–Crippen LogP) is 1.96. The fourth-order valence-electron chi connectivity index (χ4n) is 1.14. The van der Waals surface area contributed by atoms with Crippen molar-refractivity contribution in [3.8, 4) is 0 Å². The Morgan fingerprint density at radius 2 is 1.69 bits per heavy atom. The second-order valence-electron chi connectivity index (χ2n) is 5.25. The van der Waals surface area contributed by atoms with Crippen LogP contribution in [0.3, 0.4) is 0 Å². The van der Waals surface area contributed by atoms with Crippen LogP contribution in [-0.2, 0) is 0 Å². The van der Waals surface area contributed by atoms with Crippen LogP contribution in [0.5, 0.6) is 0 Å². The molecule has 0 atom stereocenters. The third kappa shape index (κ3) is 11.9. The van der Waals surface area contributed by atoms with E-state index in [1.54, 1.807) is 0 Å². The van der Waals surface area contributed by atoms with E-state index in [1.807, 2.05) is 0 Å². The van der Waals surface area contributed by atoms with Gasteiger partial charge in [0.2, 0.25) is 0 Å². The molecule has 0 aromatic carbocycles. The van der Waals surface area contributed by atoms with Gasteiger partial charge in [0.25, 0.3) is 0 Å². The van der Waals surface area contributed by atoms with Gasteiger partial charge < -0.3 is 10.2 Å². The molecule has 0 aliphatic heterocycles. The van der Waals surface area contributed by atoms with E-state index in [4.69, 9.17) is 0 Å². The molecular weight excluding hydrogens is 160 g/mol. The van der Waals surface area contributed by atoms with Crippen molar-refractivity contribution in [2.45, 2.75) is 33.6 Å². The summed E-state index contributed by atoms with van der Waals surface area (Å²) < 4.78 is 0. The zero-order chi connectivity index (χ0) is 10.3. The highest BCUT2D eigenvalue weighted by molar-refractivity contribution is 4.64. The van der Waals surface area contributed by atoms with Crippen LogP contribution in [0.25, 0.3) is 0 Å². The lowest BCUT2D eigenvalue weighted by atomic mass is 9.97. The van der Waals surface area contributed by atoms with Gasteiger partial charge in [-0.25, -0.2) is 0 Å². The number of hydrogen-bond donors (Lipinski definition) is 1. The molecule has 2 heteroatoms. The molecule has 0 heterocycles. The van der Waals surface area contributed by atoms with Gasteiger partial charge in [0.15, 0.2) is 0 Å². The molecule has 0 amide bonds. The van der Waals surface area contributed by atoms with Crippen molar-refractivity contribution < 1.29 is 0 Å². The molecule has 0 unspecified atom stereocenters. The first kappa shape index (κ1) is 12.9. The Labute approximate surface area is 83.7 Å². The van der Waals surface area contributed by atoms with E-state index in [1.165, 1.54) is 19.4 Å². The minimum atomic E-state index is 0.418. The Balaban J connectivity index is 3.09. The van der Waals surface area contributed by atoms with Gasteiger partial charge in [-0.05, 0) is 52.0 Å². The van der Waals surface area contributed by atoms with Crippen LogP contribution in [-0.4, -0.2) is 38.6 Å². The molecule has 0 rings (SSSR count). The highest BCUT2D eigenvalue weighted by atomic mass is 15.0. The standard InChI is InChI=1S/C11H26N2/c1-11(2,3)10-12-8-6-7-9-13(4)5/h12H,6-10H2,1-5H3. The largest absolute Gasteiger partial charge is 0.316 e. The quantitative estimate of drug-likeness (QED) is 0.638. The minimum Gasteiger partial charge on any atom is -0.316 e. The molecule has 0 bridgehead atoms. The summed E-state index contributed by atoms with van der Waals surface area (Å²) >= 11 is 0.